The Labute approximate surface area is 316 Å². The highest BCUT2D eigenvalue weighted by molar-refractivity contribution is 6.20. The van der Waals surface area contributed by atoms with Gasteiger partial charge < -0.3 is 13.6 Å². The second-order valence-corrected chi connectivity index (χ2v) is 14.5. The fourth-order valence-corrected chi connectivity index (χ4v) is 9.10. The first-order valence-corrected chi connectivity index (χ1v) is 18.9. The summed E-state index contributed by atoms with van der Waals surface area (Å²) < 4.78 is 11.2. The monoisotopic (exact) mass is 700 g/mol. The zero-order chi connectivity index (χ0) is 36.0. The van der Waals surface area contributed by atoms with Crippen LogP contribution < -0.4 is 0 Å². The molecule has 0 saturated carbocycles. The van der Waals surface area contributed by atoms with Crippen LogP contribution in [0.5, 0.6) is 0 Å². The van der Waals surface area contributed by atoms with Gasteiger partial charge in [0, 0.05) is 37.9 Å². The van der Waals surface area contributed by atoms with Gasteiger partial charge in [0.2, 0.25) is 0 Å². The number of furan rings is 1. The lowest BCUT2D eigenvalue weighted by Crippen LogP contribution is -1.97. The lowest BCUT2D eigenvalue weighted by atomic mass is 10.00. The van der Waals surface area contributed by atoms with Gasteiger partial charge in [0.05, 0.1) is 38.8 Å². The number of hydrogen-bond donors (Lipinski definition) is 0. The molecule has 0 aliphatic carbocycles. The number of hydrogen-bond acceptors (Lipinski definition) is 1. The first kappa shape index (κ1) is 30.1. The number of nitrogens with zero attached hydrogens (tertiary/aromatic N) is 2. The summed E-state index contributed by atoms with van der Waals surface area (Å²) in [5.41, 5.74) is 13.7. The summed E-state index contributed by atoms with van der Waals surface area (Å²) in [4.78, 5) is 0. The van der Waals surface area contributed by atoms with Crippen molar-refractivity contribution in [2.24, 2.45) is 0 Å². The molecule has 0 aliphatic rings. The lowest BCUT2D eigenvalue weighted by molar-refractivity contribution is 0.669. The zero-order valence-electron chi connectivity index (χ0n) is 29.8. The second-order valence-electron chi connectivity index (χ2n) is 14.5. The molecular weight excluding hydrogens is 669 g/mol. The predicted molar refractivity (Wildman–Crippen MR) is 231 cm³/mol. The molecule has 55 heavy (non-hydrogen) atoms. The first-order valence-electron chi connectivity index (χ1n) is 18.9. The van der Waals surface area contributed by atoms with Gasteiger partial charge in [-0.3, -0.25) is 0 Å². The van der Waals surface area contributed by atoms with Crippen LogP contribution in [0.15, 0.2) is 199 Å². The van der Waals surface area contributed by atoms with Crippen LogP contribution in [0.4, 0.5) is 0 Å². The average molecular weight is 701 g/mol. The molecule has 0 bridgehead atoms. The first-order chi connectivity index (χ1) is 27.3. The maximum Gasteiger partial charge on any atom is 0.137 e. The van der Waals surface area contributed by atoms with Crippen LogP contribution >= 0.6 is 0 Å². The standard InChI is InChI=1S/C52H32N2O/c1-2-13-33(14-3-1)37-16-6-9-20-44(37)54-47-30-27-36(32-43(47)40-28-25-34-15-4-5-17-38(34)52(40)54)35-26-29-46-42(31-35)39-18-7-10-21-45(39)53(46)48-22-12-24-50-51(48)41-19-8-11-23-49(41)55-50/h1-32H. The third-order valence-corrected chi connectivity index (χ3v) is 11.5. The van der Waals surface area contributed by atoms with E-state index in [9.17, 15) is 0 Å². The third-order valence-electron chi connectivity index (χ3n) is 11.5. The number of para-hydroxylation sites is 3. The van der Waals surface area contributed by atoms with Crippen molar-refractivity contribution in [1.29, 1.82) is 0 Å². The van der Waals surface area contributed by atoms with E-state index in [0.29, 0.717) is 0 Å². The highest BCUT2D eigenvalue weighted by atomic mass is 16.3. The molecule has 3 aromatic heterocycles. The fraction of sp³-hybridized carbons (Fsp3) is 0. The number of rotatable bonds is 4. The third kappa shape index (κ3) is 4.38. The van der Waals surface area contributed by atoms with Crippen LogP contribution in [0.25, 0.3) is 110 Å². The Bertz CT molecular complexity index is 3490. The van der Waals surface area contributed by atoms with Crippen molar-refractivity contribution in [3.05, 3.63) is 194 Å². The van der Waals surface area contributed by atoms with Crippen LogP contribution in [0.2, 0.25) is 0 Å². The van der Waals surface area contributed by atoms with Gasteiger partial charge in [-0.15, -0.1) is 0 Å². The molecule has 0 fully saturated rings. The fourth-order valence-electron chi connectivity index (χ4n) is 9.10. The predicted octanol–water partition coefficient (Wildman–Crippen LogP) is 14.3. The maximum atomic E-state index is 6.33. The van der Waals surface area contributed by atoms with E-state index >= 15 is 0 Å². The van der Waals surface area contributed by atoms with Gasteiger partial charge in [-0.25, -0.2) is 0 Å². The van der Waals surface area contributed by atoms with Crippen molar-refractivity contribution >= 4 is 76.3 Å². The summed E-state index contributed by atoms with van der Waals surface area (Å²) in [6.45, 7) is 0. The normalized spacial score (nSPS) is 12.0. The summed E-state index contributed by atoms with van der Waals surface area (Å²) in [6, 6.07) is 70.3. The molecule has 0 radical (unpaired) electrons. The molecule has 0 aliphatic heterocycles. The van der Waals surface area contributed by atoms with Crippen LogP contribution in [0.1, 0.15) is 0 Å². The van der Waals surface area contributed by atoms with Crippen LogP contribution in [-0.4, -0.2) is 9.13 Å². The number of benzene rings is 9. The van der Waals surface area contributed by atoms with Crippen molar-refractivity contribution in [2.75, 3.05) is 0 Å². The molecular formula is C52H32N2O. The summed E-state index contributed by atoms with van der Waals surface area (Å²) >= 11 is 0. The summed E-state index contributed by atoms with van der Waals surface area (Å²) in [5.74, 6) is 0. The molecule has 9 aromatic carbocycles. The smallest absolute Gasteiger partial charge is 0.137 e. The van der Waals surface area contributed by atoms with Crippen molar-refractivity contribution in [3.8, 4) is 33.6 Å². The molecule has 12 aromatic rings. The quantitative estimate of drug-likeness (QED) is 0.179. The summed E-state index contributed by atoms with van der Waals surface area (Å²) in [5, 5.41) is 9.68. The minimum Gasteiger partial charge on any atom is -0.456 e. The minimum absolute atomic E-state index is 0.896. The SMILES string of the molecule is c1ccc(-c2ccccc2-n2c3ccc(-c4ccc5c(c4)c4ccccc4n5-c4cccc5oc6ccccc6c45)cc3c3ccc4ccccc4c32)cc1. The molecule has 0 saturated heterocycles. The van der Waals surface area contributed by atoms with Crippen molar-refractivity contribution in [3.63, 3.8) is 0 Å². The van der Waals surface area contributed by atoms with Crippen LogP contribution in [0, 0.1) is 0 Å². The van der Waals surface area contributed by atoms with E-state index in [1.807, 2.05) is 6.07 Å². The van der Waals surface area contributed by atoms with Gasteiger partial charge >= 0.3 is 0 Å². The van der Waals surface area contributed by atoms with E-state index in [1.165, 1.54) is 82.3 Å². The Morgan fingerprint density at radius 2 is 0.945 bits per heavy atom. The van der Waals surface area contributed by atoms with E-state index in [-0.39, 0.29) is 0 Å². The molecule has 3 heterocycles. The average Bonchev–Trinajstić information content (AvgIpc) is 3.91. The van der Waals surface area contributed by atoms with Gasteiger partial charge in [-0.2, -0.15) is 0 Å². The highest BCUT2D eigenvalue weighted by Crippen LogP contribution is 2.43. The lowest BCUT2D eigenvalue weighted by Gasteiger charge is -2.15. The van der Waals surface area contributed by atoms with Crippen LogP contribution in [-0.2, 0) is 0 Å². The molecule has 256 valence electrons. The Hall–Kier alpha value is -7.36. The topological polar surface area (TPSA) is 23.0 Å². The van der Waals surface area contributed by atoms with Gasteiger partial charge in [0.15, 0.2) is 0 Å². The zero-order valence-corrected chi connectivity index (χ0v) is 29.8. The Morgan fingerprint density at radius 3 is 1.80 bits per heavy atom. The molecule has 0 amide bonds. The van der Waals surface area contributed by atoms with E-state index in [2.05, 4.69) is 197 Å². The van der Waals surface area contributed by atoms with Gasteiger partial charge in [-0.05, 0) is 76.7 Å². The van der Waals surface area contributed by atoms with E-state index < -0.39 is 0 Å². The molecule has 0 spiro atoms. The molecule has 3 heteroatoms. The van der Waals surface area contributed by atoms with Gasteiger partial charge in [0.25, 0.3) is 0 Å². The number of aromatic nitrogens is 2. The van der Waals surface area contributed by atoms with E-state index in [0.717, 1.165) is 27.6 Å². The molecule has 0 atom stereocenters. The van der Waals surface area contributed by atoms with Gasteiger partial charge in [-0.1, -0.05) is 140 Å². The summed E-state index contributed by atoms with van der Waals surface area (Å²) in [6.07, 6.45) is 0. The highest BCUT2D eigenvalue weighted by Gasteiger charge is 2.20. The number of fused-ring (bicyclic) bond motifs is 11. The molecule has 0 unspecified atom stereocenters. The van der Waals surface area contributed by atoms with E-state index in [4.69, 9.17) is 4.42 Å². The van der Waals surface area contributed by atoms with Crippen molar-refractivity contribution in [1.82, 2.24) is 9.13 Å². The Kier molecular flexibility index (Phi) is 6.34. The molecule has 3 nitrogen and oxygen atoms in total. The molecule has 0 N–H and O–H groups in total. The summed E-state index contributed by atoms with van der Waals surface area (Å²) in [7, 11) is 0. The maximum absolute atomic E-state index is 6.33. The minimum atomic E-state index is 0.896. The van der Waals surface area contributed by atoms with Gasteiger partial charge in [0.1, 0.15) is 11.2 Å². The Balaban J connectivity index is 1.10. The Morgan fingerprint density at radius 1 is 0.327 bits per heavy atom. The second kappa shape index (κ2) is 11.6. The largest absolute Gasteiger partial charge is 0.456 e. The molecule has 12 rings (SSSR count). The van der Waals surface area contributed by atoms with Crippen molar-refractivity contribution in [2.45, 2.75) is 0 Å². The van der Waals surface area contributed by atoms with Crippen molar-refractivity contribution < 1.29 is 4.42 Å². The van der Waals surface area contributed by atoms with E-state index in [1.54, 1.807) is 0 Å². The van der Waals surface area contributed by atoms with Crippen LogP contribution in [0.3, 0.4) is 0 Å².